The number of carboxylic acid groups (broad SMARTS) is 1. The Morgan fingerprint density at radius 2 is 2.19 bits per heavy atom. The number of fused-ring (bicyclic) bond motifs is 1. The number of hydrogen-bond acceptors (Lipinski definition) is 3. The minimum atomic E-state index is -0.791. The van der Waals surface area contributed by atoms with E-state index in [-0.39, 0.29) is 0 Å². The first kappa shape index (κ1) is 13.8. The van der Waals surface area contributed by atoms with Crippen molar-refractivity contribution in [3.8, 4) is 0 Å². The van der Waals surface area contributed by atoms with Crippen LogP contribution in [0.3, 0.4) is 0 Å². The number of carboxylic acids is 1. The van der Waals surface area contributed by atoms with Gasteiger partial charge in [0, 0.05) is 20.1 Å². The van der Waals surface area contributed by atoms with E-state index in [1.165, 1.54) is 0 Å². The zero-order chi connectivity index (χ0) is 15.0. The molecule has 0 saturated carbocycles. The molecule has 1 atom stereocenters. The molecule has 3 rings (SSSR count). The Morgan fingerprint density at radius 1 is 1.43 bits per heavy atom. The van der Waals surface area contributed by atoms with Gasteiger partial charge in [0.15, 0.2) is 0 Å². The summed E-state index contributed by atoms with van der Waals surface area (Å²) in [7, 11) is 1.90. The smallest absolute Gasteiger partial charge is 0.325 e. The van der Waals surface area contributed by atoms with Crippen molar-refractivity contribution in [2.24, 2.45) is 7.05 Å². The monoisotopic (exact) mass is 285 g/mol. The normalized spacial score (nSPS) is 18.5. The average molecular weight is 285 g/mol. The number of benzene rings is 1. The van der Waals surface area contributed by atoms with Gasteiger partial charge in [-0.05, 0) is 30.5 Å². The Labute approximate surface area is 123 Å². The van der Waals surface area contributed by atoms with Crippen LogP contribution in [0.5, 0.6) is 0 Å². The summed E-state index contributed by atoms with van der Waals surface area (Å²) in [5, 5.41) is 14.0. The van der Waals surface area contributed by atoms with Crippen LogP contribution >= 0.6 is 0 Å². The number of aromatic nitrogens is 2. The lowest BCUT2D eigenvalue weighted by molar-refractivity contribution is -0.144. The molecule has 1 aromatic heterocycles. The summed E-state index contributed by atoms with van der Waals surface area (Å²) >= 11 is 0. The molecule has 0 spiro atoms. The molecule has 2 aromatic rings. The van der Waals surface area contributed by atoms with Crippen LogP contribution in [-0.4, -0.2) is 32.3 Å². The molecule has 5 heteroatoms. The van der Waals surface area contributed by atoms with Gasteiger partial charge in [0.05, 0.1) is 11.4 Å². The second kappa shape index (κ2) is 5.33. The number of carbonyl (C=O) groups is 1. The predicted molar refractivity (Wildman–Crippen MR) is 78.9 cm³/mol. The van der Waals surface area contributed by atoms with Crippen molar-refractivity contribution in [2.45, 2.75) is 25.9 Å². The van der Waals surface area contributed by atoms with E-state index in [2.05, 4.69) is 5.10 Å². The van der Waals surface area contributed by atoms with Crippen molar-refractivity contribution in [3.05, 3.63) is 52.8 Å². The molecular formula is C16H19N3O2. The van der Waals surface area contributed by atoms with Gasteiger partial charge in [0.2, 0.25) is 0 Å². The highest BCUT2D eigenvalue weighted by Gasteiger charge is 2.33. The maximum Gasteiger partial charge on any atom is 0.325 e. The Kier molecular flexibility index (Phi) is 3.51. The standard InChI is InChI=1S/C16H19N3O2/c1-11-9-13(18(2)17-11)10-19-8-7-12-5-3-4-6-14(12)15(19)16(20)21/h3-6,9,15H,7-8,10H2,1-2H3,(H,20,21). The highest BCUT2D eigenvalue weighted by molar-refractivity contribution is 5.76. The first-order chi connectivity index (χ1) is 10.1. The van der Waals surface area contributed by atoms with Crippen molar-refractivity contribution < 1.29 is 9.90 Å². The Hall–Kier alpha value is -2.14. The van der Waals surface area contributed by atoms with Crippen LogP contribution in [0.2, 0.25) is 0 Å². The summed E-state index contributed by atoms with van der Waals surface area (Å²) in [6.07, 6.45) is 0.886. The maximum absolute atomic E-state index is 11.7. The van der Waals surface area contributed by atoms with Gasteiger partial charge in [-0.2, -0.15) is 5.10 Å². The van der Waals surface area contributed by atoms with E-state index in [4.69, 9.17) is 0 Å². The Morgan fingerprint density at radius 3 is 2.86 bits per heavy atom. The zero-order valence-corrected chi connectivity index (χ0v) is 12.3. The van der Waals surface area contributed by atoms with Gasteiger partial charge in [-0.1, -0.05) is 24.3 Å². The SMILES string of the molecule is Cc1cc(CN2CCc3ccccc3C2C(=O)O)n(C)n1. The molecule has 0 radical (unpaired) electrons. The highest BCUT2D eigenvalue weighted by Crippen LogP contribution is 2.31. The molecule has 0 fully saturated rings. The quantitative estimate of drug-likeness (QED) is 0.936. The number of rotatable bonds is 3. The molecule has 1 aliphatic rings. The molecule has 21 heavy (non-hydrogen) atoms. The molecule has 2 heterocycles. The van der Waals surface area contributed by atoms with Crippen LogP contribution in [0.4, 0.5) is 0 Å². The molecule has 0 saturated heterocycles. The minimum Gasteiger partial charge on any atom is -0.480 e. The Balaban J connectivity index is 1.92. The van der Waals surface area contributed by atoms with Gasteiger partial charge < -0.3 is 5.11 Å². The fourth-order valence-corrected chi connectivity index (χ4v) is 3.10. The highest BCUT2D eigenvalue weighted by atomic mass is 16.4. The van der Waals surface area contributed by atoms with E-state index in [1.807, 2.05) is 53.9 Å². The summed E-state index contributed by atoms with van der Waals surface area (Å²) in [6, 6.07) is 9.26. The molecule has 1 unspecified atom stereocenters. The van der Waals surface area contributed by atoms with Crippen LogP contribution in [-0.2, 0) is 24.8 Å². The van der Waals surface area contributed by atoms with E-state index in [0.29, 0.717) is 6.54 Å². The van der Waals surface area contributed by atoms with Crippen LogP contribution in [0.25, 0.3) is 0 Å². The van der Waals surface area contributed by atoms with Crippen LogP contribution in [0.15, 0.2) is 30.3 Å². The van der Waals surface area contributed by atoms with Crippen molar-refractivity contribution in [3.63, 3.8) is 0 Å². The number of aliphatic carboxylic acids is 1. The first-order valence-electron chi connectivity index (χ1n) is 7.10. The summed E-state index contributed by atoms with van der Waals surface area (Å²) in [5.41, 5.74) is 4.05. The lowest BCUT2D eigenvalue weighted by Gasteiger charge is -2.34. The van der Waals surface area contributed by atoms with Gasteiger partial charge >= 0.3 is 5.97 Å². The minimum absolute atomic E-state index is 0.579. The molecule has 110 valence electrons. The van der Waals surface area contributed by atoms with Gasteiger partial charge in [0.25, 0.3) is 0 Å². The first-order valence-corrected chi connectivity index (χ1v) is 7.10. The van der Waals surface area contributed by atoms with Crippen molar-refractivity contribution in [1.82, 2.24) is 14.7 Å². The molecule has 1 aliphatic heterocycles. The van der Waals surface area contributed by atoms with Crippen molar-refractivity contribution in [2.75, 3.05) is 6.54 Å². The number of nitrogens with zero attached hydrogens (tertiary/aromatic N) is 3. The number of hydrogen-bond donors (Lipinski definition) is 1. The van der Waals surface area contributed by atoms with Gasteiger partial charge in [-0.3, -0.25) is 14.4 Å². The topological polar surface area (TPSA) is 58.4 Å². The summed E-state index contributed by atoms with van der Waals surface area (Å²) in [5.74, 6) is -0.791. The van der Waals surface area contributed by atoms with E-state index in [9.17, 15) is 9.90 Å². The third-order valence-electron chi connectivity index (χ3n) is 4.08. The molecule has 0 aliphatic carbocycles. The lowest BCUT2D eigenvalue weighted by Crippen LogP contribution is -2.39. The largest absolute Gasteiger partial charge is 0.480 e. The van der Waals surface area contributed by atoms with Crippen molar-refractivity contribution >= 4 is 5.97 Å². The summed E-state index contributed by atoms with van der Waals surface area (Å²) in [4.78, 5) is 13.8. The molecule has 1 N–H and O–H groups in total. The molecule has 1 aromatic carbocycles. The molecule has 0 amide bonds. The van der Waals surface area contributed by atoms with E-state index in [0.717, 1.165) is 35.5 Å². The molecule has 0 bridgehead atoms. The fraction of sp³-hybridized carbons (Fsp3) is 0.375. The van der Waals surface area contributed by atoms with Crippen molar-refractivity contribution in [1.29, 1.82) is 0 Å². The van der Waals surface area contributed by atoms with E-state index < -0.39 is 12.0 Å². The summed E-state index contributed by atoms with van der Waals surface area (Å²) < 4.78 is 1.83. The predicted octanol–water partition coefficient (Wildman–Crippen LogP) is 1.91. The lowest BCUT2D eigenvalue weighted by atomic mass is 9.92. The maximum atomic E-state index is 11.7. The Bertz CT molecular complexity index is 678. The summed E-state index contributed by atoms with van der Waals surface area (Å²) in [6.45, 7) is 3.30. The second-order valence-electron chi connectivity index (χ2n) is 5.56. The van der Waals surface area contributed by atoms with Crippen LogP contribution in [0, 0.1) is 6.92 Å². The van der Waals surface area contributed by atoms with Gasteiger partial charge in [-0.25, -0.2) is 0 Å². The van der Waals surface area contributed by atoms with Crippen LogP contribution in [0.1, 0.15) is 28.6 Å². The zero-order valence-electron chi connectivity index (χ0n) is 12.3. The van der Waals surface area contributed by atoms with Crippen LogP contribution < -0.4 is 0 Å². The van der Waals surface area contributed by atoms with E-state index >= 15 is 0 Å². The van der Waals surface area contributed by atoms with E-state index in [1.54, 1.807) is 0 Å². The second-order valence-corrected chi connectivity index (χ2v) is 5.56. The molecule has 5 nitrogen and oxygen atoms in total. The third kappa shape index (κ3) is 2.56. The molecular weight excluding hydrogens is 266 g/mol. The number of aryl methyl sites for hydroxylation is 2. The average Bonchev–Trinajstić information content (AvgIpc) is 2.76. The third-order valence-corrected chi connectivity index (χ3v) is 4.08. The van der Waals surface area contributed by atoms with Gasteiger partial charge in [-0.15, -0.1) is 0 Å². The fourth-order valence-electron chi connectivity index (χ4n) is 3.10. The van der Waals surface area contributed by atoms with Gasteiger partial charge in [0.1, 0.15) is 6.04 Å².